The molecule has 1 unspecified atom stereocenters. The van der Waals surface area contributed by atoms with E-state index in [2.05, 4.69) is 5.32 Å². The van der Waals surface area contributed by atoms with Gasteiger partial charge in [0.2, 0.25) is 5.91 Å². The van der Waals surface area contributed by atoms with E-state index in [9.17, 15) is 14.7 Å². The van der Waals surface area contributed by atoms with E-state index in [-0.39, 0.29) is 18.4 Å². The fourth-order valence-corrected chi connectivity index (χ4v) is 3.47. The third-order valence-electron chi connectivity index (χ3n) is 4.83. The lowest BCUT2D eigenvalue weighted by Gasteiger charge is -2.32. The van der Waals surface area contributed by atoms with E-state index in [4.69, 9.17) is 4.74 Å². The number of nitrogens with one attached hydrogen (secondary N) is 1. The first-order valence-corrected chi connectivity index (χ1v) is 8.24. The molecule has 1 aliphatic heterocycles. The highest BCUT2D eigenvalue weighted by molar-refractivity contribution is 5.85. The van der Waals surface area contributed by atoms with Gasteiger partial charge in [0.25, 0.3) is 0 Å². The van der Waals surface area contributed by atoms with Crippen molar-refractivity contribution < 1.29 is 19.4 Å². The largest absolute Gasteiger partial charge is 0.481 e. The smallest absolute Gasteiger partial charge is 0.310 e. The van der Waals surface area contributed by atoms with E-state index in [1.807, 2.05) is 0 Å². The van der Waals surface area contributed by atoms with Gasteiger partial charge < -0.3 is 15.2 Å². The summed E-state index contributed by atoms with van der Waals surface area (Å²) in [5.74, 6) is -0.942. The van der Waals surface area contributed by atoms with Crippen LogP contribution in [0, 0.1) is 5.41 Å². The first-order chi connectivity index (χ1) is 10.1. The minimum absolute atomic E-state index is 0.119. The molecule has 1 aliphatic carbocycles. The summed E-state index contributed by atoms with van der Waals surface area (Å²) in [5, 5.41) is 12.3. The Labute approximate surface area is 126 Å². The van der Waals surface area contributed by atoms with Crippen LogP contribution in [-0.2, 0) is 14.3 Å². The SMILES string of the molecule is O=C(CC1(C(=O)O)CCCCC1)NCCC1CCCCO1. The topological polar surface area (TPSA) is 75.6 Å². The van der Waals surface area contributed by atoms with E-state index < -0.39 is 11.4 Å². The predicted octanol–water partition coefficient (Wildman–Crippen LogP) is 2.49. The van der Waals surface area contributed by atoms with Crippen molar-refractivity contribution in [3.8, 4) is 0 Å². The van der Waals surface area contributed by atoms with Gasteiger partial charge in [0, 0.05) is 19.6 Å². The van der Waals surface area contributed by atoms with E-state index >= 15 is 0 Å². The minimum atomic E-state index is -0.830. The van der Waals surface area contributed by atoms with Crippen LogP contribution >= 0.6 is 0 Å². The molecule has 5 nitrogen and oxygen atoms in total. The van der Waals surface area contributed by atoms with Gasteiger partial charge in [0.1, 0.15) is 0 Å². The van der Waals surface area contributed by atoms with Gasteiger partial charge in [-0.2, -0.15) is 0 Å². The van der Waals surface area contributed by atoms with Gasteiger partial charge >= 0.3 is 5.97 Å². The van der Waals surface area contributed by atoms with Crippen molar-refractivity contribution >= 4 is 11.9 Å². The van der Waals surface area contributed by atoms with Gasteiger partial charge in [-0.15, -0.1) is 0 Å². The van der Waals surface area contributed by atoms with Crippen LogP contribution in [0.15, 0.2) is 0 Å². The van der Waals surface area contributed by atoms with Gasteiger partial charge in [-0.05, 0) is 38.5 Å². The number of rotatable bonds is 6. The highest BCUT2D eigenvalue weighted by Crippen LogP contribution is 2.39. The van der Waals surface area contributed by atoms with Crippen LogP contribution in [0.25, 0.3) is 0 Å². The molecule has 21 heavy (non-hydrogen) atoms. The number of aliphatic carboxylic acids is 1. The Balaban J connectivity index is 1.73. The van der Waals surface area contributed by atoms with E-state index in [0.717, 1.165) is 45.1 Å². The Hall–Kier alpha value is -1.10. The number of carbonyl (C=O) groups is 2. The second-order valence-electron chi connectivity index (χ2n) is 6.45. The van der Waals surface area contributed by atoms with Gasteiger partial charge in [0.05, 0.1) is 11.5 Å². The summed E-state index contributed by atoms with van der Waals surface area (Å²) in [6, 6.07) is 0. The zero-order chi connectivity index (χ0) is 15.1. The summed E-state index contributed by atoms with van der Waals surface area (Å²) in [6.45, 7) is 1.40. The molecule has 2 N–H and O–H groups in total. The number of carboxylic acid groups (broad SMARTS) is 1. The van der Waals surface area contributed by atoms with Crippen molar-refractivity contribution in [1.29, 1.82) is 0 Å². The van der Waals surface area contributed by atoms with Crippen LogP contribution in [0.3, 0.4) is 0 Å². The number of carbonyl (C=O) groups excluding carboxylic acids is 1. The fraction of sp³-hybridized carbons (Fsp3) is 0.875. The van der Waals surface area contributed by atoms with Crippen LogP contribution in [0.5, 0.6) is 0 Å². The maximum Gasteiger partial charge on any atom is 0.310 e. The van der Waals surface area contributed by atoms with Crippen LogP contribution in [0.2, 0.25) is 0 Å². The van der Waals surface area contributed by atoms with Crippen LogP contribution in [0.4, 0.5) is 0 Å². The highest BCUT2D eigenvalue weighted by Gasteiger charge is 2.41. The average molecular weight is 297 g/mol. The first-order valence-electron chi connectivity index (χ1n) is 8.24. The zero-order valence-corrected chi connectivity index (χ0v) is 12.7. The van der Waals surface area contributed by atoms with Crippen molar-refractivity contribution in [3.05, 3.63) is 0 Å². The molecule has 1 atom stereocenters. The molecule has 0 aromatic rings. The second kappa shape index (κ2) is 7.78. The number of ether oxygens (including phenoxy) is 1. The summed E-state index contributed by atoms with van der Waals surface area (Å²) in [6.07, 6.45) is 8.74. The Morgan fingerprint density at radius 1 is 1.14 bits per heavy atom. The van der Waals surface area contributed by atoms with Crippen molar-refractivity contribution in [2.45, 2.75) is 70.3 Å². The molecule has 5 heteroatoms. The molecule has 2 rings (SSSR count). The maximum atomic E-state index is 12.0. The number of hydrogen-bond donors (Lipinski definition) is 2. The predicted molar refractivity (Wildman–Crippen MR) is 79.0 cm³/mol. The van der Waals surface area contributed by atoms with Gasteiger partial charge in [-0.3, -0.25) is 9.59 Å². The second-order valence-corrected chi connectivity index (χ2v) is 6.45. The van der Waals surface area contributed by atoms with Crippen molar-refractivity contribution in [2.75, 3.05) is 13.2 Å². The van der Waals surface area contributed by atoms with Gasteiger partial charge in [-0.25, -0.2) is 0 Å². The van der Waals surface area contributed by atoms with E-state index in [0.29, 0.717) is 19.4 Å². The summed E-state index contributed by atoms with van der Waals surface area (Å²) in [7, 11) is 0. The van der Waals surface area contributed by atoms with Crippen LogP contribution in [0.1, 0.15) is 64.2 Å². The Kier molecular flexibility index (Phi) is 6.03. The standard InChI is InChI=1S/C16H27NO4/c18-14(17-10-7-13-6-2-5-11-21-13)12-16(15(19)20)8-3-1-4-9-16/h13H,1-12H2,(H,17,18)(H,19,20). The Morgan fingerprint density at radius 3 is 2.52 bits per heavy atom. The third kappa shape index (κ3) is 4.70. The van der Waals surface area contributed by atoms with Crippen molar-refractivity contribution in [3.63, 3.8) is 0 Å². The molecule has 1 amide bonds. The van der Waals surface area contributed by atoms with E-state index in [1.165, 1.54) is 6.42 Å². The lowest BCUT2D eigenvalue weighted by atomic mass is 9.71. The summed E-state index contributed by atoms with van der Waals surface area (Å²) < 4.78 is 5.62. The average Bonchev–Trinajstić information content (AvgIpc) is 2.49. The lowest BCUT2D eigenvalue weighted by Crippen LogP contribution is -2.39. The normalized spacial score (nSPS) is 25.2. The molecule has 2 fully saturated rings. The molecule has 1 saturated heterocycles. The number of carboxylic acids is 1. The molecular formula is C16H27NO4. The monoisotopic (exact) mass is 297 g/mol. The van der Waals surface area contributed by atoms with Crippen molar-refractivity contribution in [2.24, 2.45) is 5.41 Å². The molecule has 1 heterocycles. The van der Waals surface area contributed by atoms with Gasteiger partial charge in [-0.1, -0.05) is 19.3 Å². The molecule has 2 aliphatic rings. The summed E-state index contributed by atoms with van der Waals surface area (Å²) in [5.41, 5.74) is -0.830. The molecule has 0 aromatic carbocycles. The Morgan fingerprint density at radius 2 is 1.90 bits per heavy atom. The molecule has 0 aromatic heterocycles. The van der Waals surface area contributed by atoms with Crippen LogP contribution < -0.4 is 5.32 Å². The quantitative estimate of drug-likeness (QED) is 0.790. The number of hydrogen-bond acceptors (Lipinski definition) is 3. The van der Waals surface area contributed by atoms with Gasteiger partial charge in [0.15, 0.2) is 0 Å². The lowest BCUT2D eigenvalue weighted by molar-refractivity contribution is -0.154. The zero-order valence-electron chi connectivity index (χ0n) is 12.7. The molecular weight excluding hydrogens is 270 g/mol. The Bertz CT molecular complexity index is 357. The summed E-state index contributed by atoms with van der Waals surface area (Å²) >= 11 is 0. The molecule has 0 radical (unpaired) electrons. The van der Waals surface area contributed by atoms with Crippen LogP contribution in [-0.4, -0.2) is 36.2 Å². The van der Waals surface area contributed by atoms with E-state index in [1.54, 1.807) is 0 Å². The molecule has 0 spiro atoms. The molecule has 120 valence electrons. The third-order valence-corrected chi connectivity index (χ3v) is 4.83. The first kappa shape index (κ1) is 16.3. The van der Waals surface area contributed by atoms with Crippen molar-refractivity contribution in [1.82, 2.24) is 5.32 Å². The highest BCUT2D eigenvalue weighted by atomic mass is 16.5. The molecule has 1 saturated carbocycles. The summed E-state index contributed by atoms with van der Waals surface area (Å²) in [4.78, 5) is 23.6. The maximum absolute atomic E-state index is 12.0. The number of amides is 1. The fourth-order valence-electron chi connectivity index (χ4n) is 3.47. The minimum Gasteiger partial charge on any atom is -0.481 e. The molecule has 0 bridgehead atoms.